The van der Waals surface area contributed by atoms with Gasteiger partial charge in [-0.1, -0.05) is 24.3 Å². The highest BCUT2D eigenvalue weighted by atomic mass is 16.5. The smallest absolute Gasteiger partial charge is 0.272 e. The number of nitrogen functional groups attached to an aromatic ring is 1. The molecule has 0 saturated carbocycles. The summed E-state index contributed by atoms with van der Waals surface area (Å²) in [5, 5.41) is 1.15. The Morgan fingerprint density at radius 1 is 1.06 bits per heavy atom. The largest absolute Gasteiger partial charge is 0.384 e. The fourth-order valence-electron chi connectivity index (χ4n) is 4.28. The molecule has 3 aromatic heterocycles. The molecule has 0 unspecified atom stereocenters. The number of aromatic nitrogens is 3. The number of amides is 1. The van der Waals surface area contributed by atoms with Gasteiger partial charge in [0.25, 0.3) is 5.91 Å². The Bertz CT molecular complexity index is 1270. The molecule has 0 spiro atoms. The summed E-state index contributed by atoms with van der Waals surface area (Å²) in [7, 11) is 0. The molecule has 1 aromatic carbocycles. The number of pyridine rings is 3. The summed E-state index contributed by atoms with van der Waals surface area (Å²) in [4.78, 5) is 28.4. The lowest BCUT2D eigenvalue weighted by Gasteiger charge is -2.24. The Morgan fingerprint density at radius 3 is 2.85 bits per heavy atom. The third-order valence-corrected chi connectivity index (χ3v) is 5.92. The lowest BCUT2D eigenvalue weighted by molar-refractivity contribution is 0.0731. The normalized spacial score (nSPS) is 16.5. The van der Waals surface area contributed by atoms with E-state index in [0.717, 1.165) is 22.9 Å². The van der Waals surface area contributed by atoms with Crippen molar-refractivity contribution in [2.75, 3.05) is 32.0 Å². The van der Waals surface area contributed by atoms with Gasteiger partial charge in [-0.2, -0.15) is 0 Å². The Morgan fingerprint density at radius 2 is 1.97 bits per heavy atom. The van der Waals surface area contributed by atoms with Gasteiger partial charge in [0.2, 0.25) is 0 Å². The van der Waals surface area contributed by atoms with E-state index in [1.54, 1.807) is 18.3 Å². The fraction of sp³-hybridized carbons (Fsp3) is 0.231. The second-order valence-electron chi connectivity index (χ2n) is 8.26. The van der Waals surface area contributed by atoms with Crippen LogP contribution in [0.2, 0.25) is 0 Å². The van der Waals surface area contributed by atoms with Crippen LogP contribution in [0.15, 0.2) is 73.1 Å². The van der Waals surface area contributed by atoms with Crippen LogP contribution in [0.4, 0.5) is 5.82 Å². The van der Waals surface area contributed by atoms with Crippen LogP contribution in [0.1, 0.15) is 16.1 Å². The topological polar surface area (TPSA) is 94.2 Å². The van der Waals surface area contributed by atoms with Gasteiger partial charge in [-0.05, 0) is 48.4 Å². The van der Waals surface area contributed by atoms with Crippen LogP contribution in [0.25, 0.3) is 22.2 Å². The van der Waals surface area contributed by atoms with Gasteiger partial charge in [-0.25, -0.2) is 9.97 Å². The van der Waals surface area contributed by atoms with E-state index in [4.69, 9.17) is 10.5 Å². The summed E-state index contributed by atoms with van der Waals surface area (Å²) in [6, 6.07) is 19.3. The van der Waals surface area contributed by atoms with Crippen LogP contribution in [0, 0.1) is 5.92 Å². The molecule has 1 saturated heterocycles. The standard InChI is InChI=1S/C26H25N5O2/c27-25-10-9-20(15-29-25)22-6-2-8-24(30-22)26(32)31-12-13-33-17-18(16-31)14-19-4-1-7-23-21(19)5-3-11-28-23/h1-11,15,18H,12-14,16-17H2,(H2,27,29)/t18-/m0/s1. The molecule has 4 aromatic rings. The second kappa shape index (κ2) is 9.34. The molecule has 33 heavy (non-hydrogen) atoms. The quantitative estimate of drug-likeness (QED) is 0.522. The number of benzene rings is 1. The molecule has 7 nitrogen and oxygen atoms in total. The molecule has 1 aliphatic heterocycles. The van der Waals surface area contributed by atoms with Gasteiger partial charge < -0.3 is 15.4 Å². The highest BCUT2D eigenvalue weighted by Crippen LogP contribution is 2.23. The van der Waals surface area contributed by atoms with Crippen molar-refractivity contribution < 1.29 is 9.53 Å². The monoisotopic (exact) mass is 439 g/mol. The highest BCUT2D eigenvalue weighted by molar-refractivity contribution is 5.93. The molecule has 166 valence electrons. The summed E-state index contributed by atoms with van der Waals surface area (Å²) in [5.41, 5.74) is 9.82. The Kier molecular flexibility index (Phi) is 5.95. The average Bonchev–Trinajstić information content (AvgIpc) is 3.10. The minimum Gasteiger partial charge on any atom is -0.384 e. The summed E-state index contributed by atoms with van der Waals surface area (Å²) in [6.45, 7) is 2.29. The van der Waals surface area contributed by atoms with E-state index < -0.39 is 0 Å². The molecule has 0 bridgehead atoms. The zero-order valence-electron chi connectivity index (χ0n) is 18.2. The van der Waals surface area contributed by atoms with E-state index in [0.29, 0.717) is 43.5 Å². The van der Waals surface area contributed by atoms with E-state index in [2.05, 4.69) is 27.1 Å². The Hall–Kier alpha value is -3.84. The van der Waals surface area contributed by atoms with Crippen molar-refractivity contribution in [1.29, 1.82) is 0 Å². The predicted octanol–water partition coefficient (Wildman–Crippen LogP) is 3.61. The highest BCUT2D eigenvalue weighted by Gasteiger charge is 2.25. The number of hydrogen-bond acceptors (Lipinski definition) is 6. The summed E-state index contributed by atoms with van der Waals surface area (Å²) >= 11 is 0. The lowest BCUT2D eigenvalue weighted by atomic mass is 9.96. The van der Waals surface area contributed by atoms with Gasteiger partial charge in [-0.15, -0.1) is 0 Å². The maximum atomic E-state index is 13.4. The van der Waals surface area contributed by atoms with Crippen LogP contribution in [0.3, 0.4) is 0 Å². The van der Waals surface area contributed by atoms with Gasteiger partial charge in [0, 0.05) is 42.4 Å². The minimum absolute atomic E-state index is 0.0876. The van der Waals surface area contributed by atoms with Gasteiger partial charge in [0.1, 0.15) is 11.5 Å². The van der Waals surface area contributed by atoms with E-state index in [1.807, 2.05) is 47.5 Å². The maximum Gasteiger partial charge on any atom is 0.272 e. The molecule has 1 atom stereocenters. The molecule has 4 heterocycles. The average molecular weight is 440 g/mol. The molecule has 1 fully saturated rings. The Labute approximate surface area is 192 Å². The van der Waals surface area contributed by atoms with E-state index in [9.17, 15) is 4.79 Å². The summed E-state index contributed by atoms with van der Waals surface area (Å²) in [5.74, 6) is 0.547. The van der Waals surface area contributed by atoms with Crippen molar-refractivity contribution in [2.24, 2.45) is 5.92 Å². The van der Waals surface area contributed by atoms with Crippen LogP contribution in [-0.4, -0.2) is 52.1 Å². The fourth-order valence-corrected chi connectivity index (χ4v) is 4.28. The number of hydrogen-bond donors (Lipinski definition) is 1. The van der Waals surface area contributed by atoms with Gasteiger partial charge >= 0.3 is 0 Å². The number of anilines is 1. The number of carbonyl (C=O) groups is 1. The minimum atomic E-state index is -0.0876. The van der Waals surface area contributed by atoms with Crippen molar-refractivity contribution in [3.8, 4) is 11.3 Å². The molecule has 1 amide bonds. The van der Waals surface area contributed by atoms with Crippen molar-refractivity contribution >= 4 is 22.6 Å². The van der Waals surface area contributed by atoms with Crippen molar-refractivity contribution in [3.63, 3.8) is 0 Å². The molecule has 0 radical (unpaired) electrons. The SMILES string of the molecule is Nc1ccc(-c2cccc(C(=O)N3CCOC[C@@H](Cc4cccc5ncccc45)C3)n2)cn1. The van der Waals surface area contributed by atoms with Crippen LogP contribution >= 0.6 is 0 Å². The molecule has 0 aliphatic carbocycles. The first-order valence-corrected chi connectivity index (χ1v) is 11.1. The first kappa shape index (κ1) is 21.0. The molecular weight excluding hydrogens is 414 g/mol. The predicted molar refractivity (Wildman–Crippen MR) is 128 cm³/mol. The van der Waals surface area contributed by atoms with Crippen molar-refractivity contribution in [1.82, 2.24) is 19.9 Å². The van der Waals surface area contributed by atoms with Gasteiger partial charge in [0.15, 0.2) is 0 Å². The van der Waals surface area contributed by atoms with E-state index >= 15 is 0 Å². The van der Waals surface area contributed by atoms with Gasteiger partial charge in [0.05, 0.1) is 24.4 Å². The van der Waals surface area contributed by atoms with Crippen molar-refractivity contribution in [3.05, 3.63) is 84.3 Å². The van der Waals surface area contributed by atoms with Gasteiger partial charge in [-0.3, -0.25) is 9.78 Å². The van der Waals surface area contributed by atoms with Crippen LogP contribution < -0.4 is 5.73 Å². The molecule has 2 N–H and O–H groups in total. The summed E-state index contributed by atoms with van der Waals surface area (Å²) < 4.78 is 5.86. The number of carbonyl (C=O) groups excluding carboxylic acids is 1. The summed E-state index contributed by atoms with van der Waals surface area (Å²) in [6.07, 6.45) is 4.29. The number of nitrogens with two attached hydrogens (primary N) is 1. The number of fused-ring (bicyclic) bond motifs is 1. The third kappa shape index (κ3) is 4.68. The Balaban J connectivity index is 1.35. The lowest BCUT2D eigenvalue weighted by Crippen LogP contribution is -2.37. The second-order valence-corrected chi connectivity index (χ2v) is 8.26. The number of nitrogens with zero attached hydrogens (tertiary/aromatic N) is 4. The molecule has 5 rings (SSSR count). The van der Waals surface area contributed by atoms with E-state index in [1.165, 1.54) is 5.56 Å². The molecule has 7 heteroatoms. The van der Waals surface area contributed by atoms with Crippen molar-refractivity contribution in [2.45, 2.75) is 6.42 Å². The number of ether oxygens (including phenoxy) is 1. The zero-order valence-corrected chi connectivity index (χ0v) is 18.2. The van der Waals surface area contributed by atoms with Crippen LogP contribution in [0.5, 0.6) is 0 Å². The first-order chi connectivity index (χ1) is 16.2. The first-order valence-electron chi connectivity index (χ1n) is 11.1. The number of rotatable bonds is 4. The van der Waals surface area contributed by atoms with E-state index in [-0.39, 0.29) is 11.8 Å². The molecule has 1 aliphatic rings. The third-order valence-electron chi connectivity index (χ3n) is 5.92. The zero-order chi connectivity index (χ0) is 22.6. The molecular formula is C26H25N5O2. The van der Waals surface area contributed by atoms with Crippen LogP contribution in [-0.2, 0) is 11.2 Å². The maximum absolute atomic E-state index is 13.4.